The highest BCUT2D eigenvalue weighted by molar-refractivity contribution is 7.22. The number of anilines is 1. The van der Waals surface area contributed by atoms with E-state index in [1.54, 1.807) is 11.8 Å². The fourth-order valence-electron chi connectivity index (χ4n) is 4.61. The Morgan fingerprint density at radius 2 is 2.00 bits per heavy atom. The Bertz CT molecular complexity index is 1360. The molecule has 39 heavy (non-hydrogen) atoms. The number of ether oxygens (including phenoxy) is 3. The minimum Gasteiger partial charge on any atom is -0.481 e. The number of rotatable bonds is 7. The Kier molecular flexibility index (Phi) is 7.03. The summed E-state index contributed by atoms with van der Waals surface area (Å²) >= 11 is 1.04. The number of benzene rings is 1. The molecule has 10 nitrogen and oxygen atoms in total. The van der Waals surface area contributed by atoms with Gasteiger partial charge in [0, 0.05) is 43.4 Å². The number of carbonyl (C=O) groups is 1. The number of amides is 1. The van der Waals surface area contributed by atoms with Gasteiger partial charge in [-0.3, -0.25) is 9.69 Å². The van der Waals surface area contributed by atoms with Crippen LogP contribution in [-0.4, -0.2) is 76.1 Å². The van der Waals surface area contributed by atoms with Crippen molar-refractivity contribution in [3.8, 4) is 17.4 Å². The van der Waals surface area contributed by atoms with Gasteiger partial charge in [-0.25, -0.2) is 18.7 Å². The molecule has 3 N–H and O–H groups in total. The van der Waals surface area contributed by atoms with Crippen LogP contribution >= 0.6 is 11.3 Å². The van der Waals surface area contributed by atoms with Gasteiger partial charge in [-0.15, -0.1) is 8.78 Å². The van der Waals surface area contributed by atoms with Crippen LogP contribution < -0.4 is 19.5 Å². The van der Waals surface area contributed by atoms with E-state index in [4.69, 9.17) is 4.74 Å². The van der Waals surface area contributed by atoms with Gasteiger partial charge in [-0.2, -0.15) is 0 Å². The van der Waals surface area contributed by atoms with Crippen molar-refractivity contribution in [2.45, 2.75) is 43.6 Å². The fourth-order valence-corrected chi connectivity index (χ4v) is 5.49. The Labute approximate surface area is 223 Å². The summed E-state index contributed by atoms with van der Waals surface area (Å²) in [6, 6.07) is 3.13. The molecule has 3 aromatic rings. The van der Waals surface area contributed by atoms with Gasteiger partial charge in [-0.05, 0) is 18.6 Å². The van der Waals surface area contributed by atoms with E-state index in [0.717, 1.165) is 11.3 Å². The molecule has 2 unspecified atom stereocenters. The molecule has 2 aromatic heterocycles. The van der Waals surface area contributed by atoms with Crippen LogP contribution in [0.5, 0.6) is 17.4 Å². The predicted molar refractivity (Wildman–Crippen MR) is 131 cm³/mol. The third kappa shape index (κ3) is 5.31. The van der Waals surface area contributed by atoms with E-state index in [1.807, 2.05) is 0 Å². The first kappa shape index (κ1) is 27.3. The molecule has 3 atom stereocenters. The lowest BCUT2D eigenvalue weighted by atomic mass is 9.86. The van der Waals surface area contributed by atoms with E-state index in [2.05, 4.69) is 24.8 Å². The van der Waals surface area contributed by atoms with Crippen molar-refractivity contribution in [1.82, 2.24) is 14.9 Å². The number of fused-ring (bicyclic) bond motifs is 2. The SMILES string of the molecule is COc1ncc(C2CN([C@@H](C)C(=O)Nc3nc4cc5c(cc4s3)OC(F)(F)O5)CCC2(F)F)cc1C(O)CO. The summed E-state index contributed by atoms with van der Waals surface area (Å²) in [6.07, 6.45) is -4.41. The number of pyridine rings is 1. The van der Waals surface area contributed by atoms with Crippen LogP contribution in [0.15, 0.2) is 24.4 Å². The largest absolute Gasteiger partial charge is 0.586 e. The molecule has 0 radical (unpaired) electrons. The summed E-state index contributed by atoms with van der Waals surface area (Å²) in [5.74, 6) is -5.26. The van der Waals surface area contributed by atoms with Gasteiger partial charge < -0.3 is 29.7 Å². The van der Waals surface area contributed by atoms with Crippen molar-refractivity contribution >= 4 is 32.6 Å². The highest BCUT2D eigenvalue weighted by atomic mass is 32.1. The fraction of sp³-hybridized carbons (Fsp3) is 0.458. The molecule has 0 aliphatic carbocycles. The lowest BCUT2D eigenvalue weighted by Crippen LogP contribution is -2.52. The maximum absolute atomic E-state index is 15.0. The third-order valence-electron chi connectivity index (χ3n) is 6.76. The molecule has 15 heteroatoms. The molecule has 4 heterocycles. The number of nitrogens with one attached hydrogen (secondary N) is 1. The molecular formula is C24H24F4N4O6S. The molecule has 1 amide bonds. The molecule has 0 spiro atoms. The second-order valence-electron chi connectivity index (χ2n) is 9.24. The number of aromatic nitrogens is 2. The van der Waals surface area contributed by atoms with Crippen LogP contribution in [0.2, 0.25) is 0 Å². The topological polar surface area (TPSA) is 126 Å². The number of nitrogens with zero attached hydrogens (tertiary/aromatic N) is 3. The molecule has 1 aromatic carbocycles. The summed E-state index contributed by atoms with van der Waals surface area (Å²) in [6.45, 7) is 0.699. The van der Waals surface area contributed by atoms with Gasteiger partial charge in [0.25, 0.3) is 5.92 Å². The summed E-state index contributed by atoms with van der Waals surface area (Å²) in [5.41, 5.74) is 0.529. The number of halogens is 4. The molecule has 0 saturated carbocycles. The van der Waals surface area contributed by atoms with Crippen molar-refractivity contribution in [1.29, 1.82) is 0 Å². The van der Waals surface area contributed by atoms with Crippen molar-refractivity contribution in [3.05, 3.63) is 35.5 Å². The van der Waals surface area contributed by atoms with Crippen LogP contribution in [0.4, 0.5) is 22.7 Å². The monoisotopic (exact) mass is 572 g/mol. The zero-order chi connectivity index (χ0) is 28.1. The van der Waals surface area contributed by atoms with Gasteiger partial charge >= 0.3 is 6.29 Å². The predicted octanol–water partition coefficient (Wildman–Crippen LogP) is 3.50. The number of hydrogen-bond acceptors (Lipinski definition) is 10. The average molecular weight is 573 g/mol. The van der Waals surface area contributed by atoms with Gasteiger partial charge in [0.1, 0.15) is 6.10 Å². The molecule has 1 saturated heterocycles. The molecule has 1 fully saturated rings. The number of carbonyl (C=O) groups excluding carboxylic acids is 1. The Morgan fingerprint density at radius 3 is 2.69 bits per heavy atom. The van der Waals surface area contributed by atoms with Gasteiger partial charge in [-0.1, -0.05) is 11.3 Å². The molecule has 0 bridgehead atoms. The third-order valence-corrected chi connectivity index (χ3v) is 7.69. The first-order valence-corrected chi connectivity index (χ1v) is 12.7. The van der Waals surface area contributed by atoms with E-state index in [0.29, 0.717) is 10.2 Å². The second-order valence-corrected chi connectivity index (χ2v) is 10.3. The van der Waals surface area contributed by atoms with E-state index in [9.17, 15) is 23.8 Å². The van der Waals surface area contributed by atoms with E-state index in [-0.39, 0.29) is 46.7 Å². The normalized spacial score (nSPS) is 21.5. The lowest BCUT2D eigenvalue weighted by molar-refractivity contribution is -0.286. The van der Waals surface area contributed by atoms with E-state index < -0.39 is 49.2 Å². The molecule has 2 aliphatic rings. The highest BCUT2D eigenvalue weighted by Crippen LogP contribution is 2.45. The van der Waals surface area contributed by atoms with Crippen LogP contribution in [-0.2, 0) is 4.79 Å². The average Bonchev–Trinajstić information content (AvgIpc) is 3.41. The molecular weight excluding hydrogens is 548 g/mol. The Morgan fingerprint density at radius 1 is 1.28 bits per heavy atom. The first-order valence-electron chi connectivity index (χ1n) is 11.9. The van der Waals surface area contributed by atoms with E-state index >= 15 is 8.78 Å². The molecule has 2 aliphatic heterocycles. The standard InChI is InChI=1S/C24H24F4N4O6S/c1-11(20(35)31-22-30-15-6-17-18(7-19(15)39-22)38-24(27,28)37-17)32-4-3-23(25,26)14(9-32)12-5-13(16(34)10-33)21(36-2)29-8-12/h5-8,11,14,16,33-34H,3-4,9-10H2,1-2H3,(H,30,31,35)/t11-,14?,16?/m0/s1. The quantitative estimate of drug-likeness (QED) is 0.365. The maximum Gasteiger partial charge on any atom is 0.586 e. The number of likely N-dealkylation sites (tertiary alicyclic amines) is 1. The van der Waals surface area contributed by atoms with Crippen molar-refractivity contribution in [2.24, 2.45) is 0 Å². The zero-order valence-corrected chi connectivity index (χ0v) is 21.5. The number of methoxy groups -OCH3 is 1. The number of piperidine rings is 1. The summed E-state index contributed by atoms with van der Waals surface area (Å²) in [4.78, 5) is 22.9. The van der Waals surface area contributed by atoms with Crippen LogP contribution in [0.25, 0.3) is 10.2 Å². The Hall–Kier alpha value is -3.27. The second kappa shape index (κ2) is 10.0. The number of alkyl halides is 4. The van der Waals surface area contributed by atoms with Crippen LogP contribution in [0, 0.1) is 0 Å². The van der Waals surface area contributed by atoms with Gasteiger partial charge in [0.05, 0.1) is 35.9 Å². The number of hydrogen-bond donors (Lipinski definition) is 3. The van der Waals surface area contributed by atoms with Crippen molar-refractivity contribution in [3.63, 3.8) is 0 Å². The van der Waals surface area contributed by atoms with Gasteiger partial charge in [0.2, 0.25) is 11.8 Å². The summed E-state index contributed by atoms with van der Waals surface area (Å²) in [7, 11) is 1.31. The van der Waals surface area contributed by atoms with Crippen LogP contribution in [0.1, 0.15) is 36.5 Å². The molecule has 210 valence electrons. The smallest absolute Gasteiger partial charge is 0.481 e. The zero-order valence-electron chi connectivity index (χ0n) is 20.7. The van der Waals surface area contributed by atoms with Gasteiger partial charge in [0.15, 0.2) is 16.6 Å². The lowest BCUT2D eigenvalue weighted by Gasteiger charge is -2.40. The Balaban J connectivity index is 1.31. The minimum absolute atomic E-state index is 0.0110. The van der Waals surface area contributed by atoms with Crippen molar-refractivity contribution < 1.29 is 46.8 Å². The summed E-state index contributed by atoms with van der Waals surface area (Å²) < 4.78 is 71.1. The number of aliphatic hydroxyl groups excluding tert-OH is 2. The van der Waals surface area contributed by atoms with Crippen molar-refractivity contribution in [2.75, 3.05) is 32.1 Å². The first-order chi connectivity index (χ1) is 18.4. The van der Waals surface area contributed by atoms with E-state index in [1.165, 1.54) is 31.5 Å². The molecule has 5 rings (SSSR count). The number of thiazole rings is 1. The number of aliphatic hydroxyl groups is 2. The maximum atomic E-state index is 15.0. The van der Waals surface area contributed by atoms with Crippen LogP contribution in [0.3, 0.4) is 0 Å². The summed E-state index contributed by atoms with van der Waals surface area (Å²) in [5, 5.41) is 22.3. The highest BCUT2D eigenvalue weighted by Gasteiger charge is 2.47. The minimum atomic E-state index is -3.76.